The maximum atomic E-state index is 13.6. The van der Waals surface area contributed by atoms with E-state index < -0.39 is 17.5 Å². The predicted molar refractivity (Wildman–Crippen MR) is 78.0 cm³/mol. The zero-order chi connectivity index (χ0) is 14.9. The smallest absolute Gasteiger partial charge is 0.260 e. The summed E-state index contributed by atoms with van der Waals surface area (Å²) in [6, 6.07) is 8.29. The molecule has 20 heavy (non-hydrogen) atoms. The van der Waals surface area contributed by atoms with E-state index in [4.69, 9.17) is 0 Å². The Bertz CT molecular complexity index is 673. The summed E-state index contributed by atoms with van der Waals surface area (Å²) in [7, 11) is 1.55. The summed E-state index contributed by atoms with van der Waals surface area (Å²) >= 11 is 3.37. The summed E-state index contributed by atoms with van der Waals surface area (Å²) in [5.74, 6) is -2.10. The lowest BCUT2D eigenvalue weighted by Crippen LogP contribution is -2.27. The summed E-state index contributed by atoms with van der Waals surface area (Å²) in [6.45, 7) is 1.89. The lowest BCUT2D eigenvalue weighted by molar-refractivity contribution is 0.0989. The number of amides is 1. The van der Waals surface area contributed by atoms with Gasteiger partial charge in [-0.1, -0.05) is 15.9 Å². The van der Waals surface area contributed by atoms with Gasteiger partial charge in [0.1, 0.15) is 11.6 Å². The van der Waals surface area contributed by atoms with Gasteiger partial charge in [0.2, 0.25) is 0 Å². The van der Waals surface area contributed by atoms with Gasteiger partial charge in [-0.05, 0) is 42.8 Å². The molecule has 0 aliphatic heterocycles. The van der Waals surface area contributed by atoms with Crippen LogP contribution in [0.2, 0.25) is 0 Å². The molecule has 2 nitrogen and oxygen atoms in total. The number of hydrogen-bond donors (Lipinski definition) is 0. The SMILES string of the molecule is Cc1cc(N(C)C(=O)c2ccc(F)cc2F)ccc1Br. The average Bonchev–Trinajstić information content (AvgIpc) is 2.40. The van der Waals surface area contributed by atoms with Crippen LogP contribution in [0, 0.1) is 18.6 Å². The number of carbonyl (C=O) groups excluding carboxylic acids is 1. The Morgan fingerprint density at radius 3 is 2.45 bits per heavy atom. The molecule has 0 fully saturated rings. The molecule has 0 spiro atoms. The van der Waals surface area contributed by atoms with Crippen LogP contribution in [0.5, 0.6) is 0 Å². The predicted octanol–water partition coefficient (Wildman–Crippen LogP) is 4.31. The average molecular weight is 340 g/mol. The van der Waals surface area contributed by atoms with Crippen LogP contribution in [0.4, 0.5) is 14.5 Å². The van der Waals surface area contributed by atoms with E-state index in [1.54, 1.807) is 13.1 Å². The highest BCUT2D eigenvalue weighted by molar-refractivity contribution is 9.10. The van der Waals surface area contributed by atoms with E-state index in [2.05, 4.69) is 15.9 Å². The molecular formula is C15H12BrF2NO. The van der Waals surface area contributed by atoms with Gasteiger partial charge >= 0.3 is 0 Å². The third-order valence-electron chi connectivity index (χ3n) is 3.00. The van der Waals surface area contributed by atoms with Crippen molar-refractivity contribution >= 4 is 27.5 Å². The molecule has 0 aliphatic carbocycles. The lowest BCUT2D eigenvalue weighted by atomic mass is 10.1. The molecule has 0 saturated carbocycles. The van der Waals surface area contributed by atoms with E-state index in [0.717, 1.165) is 22.2 Å². The second kappa shape index (κ2) is 5.71. The summed E-state index contributed by atoms with van der Waals surface area (Å²) in [6.07, 6.45) is 0. The first-order chi connectivity index (χ1) is 9.40. The van der Waals surface area contributed by atoms with Crippen molar-refractivity contribution in [1.82, 2.24) is 0 Å². The second-order valence-electron chi connectivity index (χ2n) is 4.42. The maximum Gasteiger partial charge on any atom is 0.260 e. The number of benzene rings is 2. The minimum absolute atomic E-state index is 0.158. The van der Waals surface area contributed by atoms with Crippen molar-refractivity contribution in [3.8, 4) is 0 Å². The van der Waals surface area contributed by atoms with Gasteiger partial charge in [-0.25, -0.2) is 8.78 Å². The topological polar surface area (TPSA) is 20.3 Å². The van der Waals surface area contributed by atoms with E-state index in [-0.39, 0.29) is 5.56 Å². The Kier molecular flexibility index (Phi) is 4.18. The third kappa shape index (κ3) is 2.88. The fourth-order valence-electron chi connectivity index (χ4n) is 1.80. The molecule has 0 aromatic heterocycles. The second-order valence-corrected chi connectivity index (χ2v) is 5.28. The zero-order valence-electron chi connectivity index (χ0n) is 11.0. The van der Waals surface area contributed by atoms with E-state index in [9.17, 15) is 13.6 Å². The van der Waals surface area contributed by atoms with Crippen LogP contribution in [0.1, 0.15) is 15.9 Å². The van der Waals surface area contributed by atoms with Crippen LogP contribution < -0.4 is 4.90 Å². The Morgan fingerprint density at radius 1 is 1.15 bits per heavy atom. The van der Waals surface area contributed by atoms with Crippen LogP contribution >= 0.6 is 15.9 Å². The monoisotopic (exact) mass is 339 g/mol. The van der Waals surface area contributed by atoms with Crippen molar-refractivity contribution < 1.29 is 13.6 Å². The number of nitrogens with zero attached hydrogens (tertiary/aromatic N) is 1. The van der Waals surface area contributed by atoms with Gasteiger partial charge in [0.05, 0.1) is 5.56 Å². The van der Waals surface area contributed by atoms with Crippen molar-refractivity contribution in [3.63, 3.8) is 0 Å². The number of rotatable bonds is 2. The lowest BCUT2D eigenvalue weighted by Gasteiger charge is -2.18. The molecule has 0 radical (unpaired) electrons. The summed E-state index contributed by atoms with van der Waals surface area (Å²) in [4.78, 5) is 13.6. The maximum absolute atomic E-state index is 13.6. The molecule has 1 amide bonds. The highest BCUT2D eigenvalue weighted by atomic mass is 79.9. The molecule has 0 saturated heterocycles. The first kappa shape index (κ1) is 14.7. The van der Waals surface area contributed by atoms with Gasteiger partial charge in [-0.15, -0.1) is 0 Å². The number of halogens is 3. The fraction of sp³-hybridized carbons (Fsp3) is 0.133. The fourth-order valence-corrected chi connectivity index (χ4v) is 2.04. The first-order valence-electron chi connectivity index (χ1n) is 5.89. The molecule has 0 heterocycles. The number of carbonyl (C=O) groups is 1. The van der Waals surface area contributed by atoms with E-state index in [1.165, 1.54) is 4.90 Å². The number of aryl methyl sites for hydroxylation is 1. The molecule has 0 N–H and O–H groups in total. The summed E-state index contributed by atoms with van der Waals surface area (Å²) in [5, 5.41) is 0. The normalized spacial score (nSPS) is 10.4. The molecule has 0 atom stereocenters. The van der Waals surface area contributed by atoms with Crippen LogP contribution in [0.25, 0.3) is 0 Å². The largest absolute Gasteiger partial charge is 0.311 e. The van der Waals surface area contributed by atoms with Crippen molar-refractivity contribution in [1.29, 1.82) is 0 Å². The van der Waals surface area contributed by atoms with Crippen LogP contribution in [0.3, 0.4) is 0 Å². The molecule has 0 aliphatic rings. The molecule has 0 bridgehead atoms. The molecule has 5 heteroatoms. The first-order valence-corrected chi connectivity index (χ1v) is 6.68. The molecule has 104 valence electrons. The zero-order valence-corrected chi connectivity index (χ0v) is 12.5. The van der Waals surface area contributed by atoms with Gasteiger partial charge in [0, 0.05) is 23.3 Å². The van der Waals surface area contributed by atoms with Crippen LogP contribution in [-0.4, -0.2) is 13.0 Å². The van der Waals surface area contributed by atoms with Crippen molar-refractivity contribution in [3.05, 3.63) is 63.6 Å². The molecular weight excluding hydrogens is 328 g/mol. The van der Waals surface area contributed by atoms with Gasteiger partial charge in [0.25, 0.3) is 5.91 Å². The van der Waals surface area contributed by atoms with Crippen LogP contribution in [-0.2, 0) is 0 Å². The van der Waals surface area contributed by atoms with E-state index in [0.29, 0.717) is 11.8 Å². The third-order valence-corrected chi connectivity index (χ3v) is 3.88. The Morgan fingerprint density at radius 2 is 1.85 bits per heavy atom. The highest BCUT2D eigenvalue weighted by Gasteiger charge is 2.18. The van der Waals surface area contributed by atoms with Gasteiger partial charge in [0.15, 0.2) is 0 Å². The van der Waals surface area contributed by atoms with Crippen molar-refractivity contribution in [2.75, 3.05) is 11.9 Å². The minimum Gasteiger partial charge on any atom is -0.311 e. The summed E-state index contributed by atoms with van der Waals surface area (Å²) in [5.41, 5.74) is 1.44. The number of anilines is 1. The molecule has 2 rings (SSSR count). The van der Waals surface area contributed by atoms with Gasteiger partial charge in [-0.3, -0.25) is 4.79 Å². The van der Waals surface area contributed by atoms with Crippen LogP contribution in [0.15, 0.2) is 40.9 Å². The van der Waals surface area contributed by atoms with E-state index in [1.807, 2.05) is 19.1 Å². The Hall–Kier alpha value is -1.75. The van der Waals surface area contributed by atoms with Gasteiger partial charge in [-0.2, -0.15) is 0 Å². The highest BCUT2D eigenvalue weighted by Crippen LogP contribution is 2.24. The molecule has 0 unspecified atom stereocenters. The molecule has 2 aromatic rings. The number of hydrogen-bond acceptors (Lipinski definition) is 1. The quantitative estimate of drug-likeness (QED) is 0.798. The Balaban J connectivity index is 2.34. The van der Waals surface area contributed by atoms with Crippen molar-refractivity contribution in [2.45, 2.75) is 6.92 Å². The van der Waals surface area contributed by atoms with Gasteiger partial charge < -0.3 is 4.90 Å². The van der Waals surface area contributed by atoms with Crippen molar-refractivity contribution in [2.24, 2.45) is 0 Å². The Labute approximate surface area is 124 Å². The standard InChI is InChI=1S/C15H12BrF2NO/c1-9-7-11(4-6-13(9)16)19(2)15(20)12-5-3-10(17)8-14(12)18/h3-8H,1-2H3. The van der Waals surface area contributed by atoms with E-state index >= 15 is 0 Å². The summed E-state index contributed by atoms with van der Waals surface area (Å²) < 4.78 is 27.4. The molecule has 2 aromatic carbocycles. The minimum atomic E-state index is -0.865.